The summed E-state index contributed by atoms with van der Waals surface area (Å²) in [6, 6.07) is 8.77. The van der Waals surface area contributed by atoms with Crippen molar-refractivity contribution < 1.29 is 5.21 Å². The van der Waals surface area contributed by atoms with Gasteiger partial charge in [0.1, 0.15) is 5.03 Å². The number of nitriles is 1. The molecule has 136 valence electrons. The smallest absolute Gasteiger partial charge is 0.250 e. The minimum atomic E-state index is -0.0386. The number of halogens is 1. The molecule has 0 fully saturated rings. The molecule has 0 aliphatic rings. The number of benzene rings is 1. The van der Waals surface area contributed by atoms with Crippen LogP contribution in [0.1, 0.15) is 5.56 Å². The zero-order chi connectivity index (χ0) is 19.0. The number of rotatable bonds is 5. The van der Waals surface area contributed by atoms with Gasteiger partial charge in [-0.1, -0.05) is 11.6 Å². The molecule has 0 saturated heterocycles. The van der Waals surface area contributed by atoms with E-state index < -0.39 is 0 Å². The first kappa shape index (κ1) is 17.4. The van der Waals surface area contributed by atoms with Crippen LogP contribution in [0.2, 0.25) is 5.15 Å². The standard InChI is InChI=1S/C14H10ClN9OS2/c15-10-11(22-5-6-26-14(22)19-10)27-24(25)23-12(17)20-13(21-23)18-9-3-1-8(7-16)2-4-9/h1-6,25H,(H3,17,18,20,21). The zero-order valence-electron chi connectivity index (χ0n) is 13.3. The average molecular weight is 420 g/mol. The molecule has 3 aromatic heterocycles. The van der Waals surface area contributed by atoms with E-state index in [0.717, 1.165) is 16.7 Å². The predicted octanol–water partition coefficient (Wildman–Crippen LogP) is 2.87. The van der Waals surface area contributed by atoms with Gasteiger partial charge in [0.25, 0.3) is 5.95 Å². The van der Waals surface area contributed by atoms with Crippen molar-refractivity contribution in [1.82, 2.24) is 24.3 Å². The van der Waals surface area contributed by atoms with Gasteiger partial charge in [0.15, 0.2) is 10.1 Å². The fourth-order valence-electron chi connectivity index (χ4n) is 2.19. The van der Waals surface area contributed by atoms with Crippen molar-refractivity contribution in [3.63, 3.8) is 0 Å². The highest BCUT2D eigenvalue weighted by Gasteiger charge is 2.19. The van der Waals surface area contributed by atoms with Crippen molar-refractivity contribution in [3.8, 4) is 6.07 Å². The van der Waals surface area contributed by atoms with Gasteiger partial charge in [-0.2, -0.15) is 10.2 Å². The van der Waals surface area contributed by atoms with Crippen molar-refractivity contribution in [1.29, 1.82) is 5.26 Å². The number of fused-ring (bicyclic) bond motifs is 1. The summed E-state index contributed by atoms with van der Waals surface area (Å²) in [5.74, 6) is 0.139. The fraction of sp³-hybridized carbons (Fsp3) is 0. The summed E-state index contributed by atoms with van der Waals surface area (Å²) in [7, 11) is 0. The molecule has 0 saturated carbocycles. The molecular weight excluding hydrogens is 410 g/mol. The van der Waals surface area contributed by atoms with Crippen LogP contribution in [-0.2, 0) is 0 Å². The van der Waals surface area contributed by atoms with Crippen LogP contribution < -0.4 is 15.6 Å². The van der Waals surface area contributed by atoms with Gasteiger partial charge in [-0.3, -0.25) is 9.61 Å². The van der Waals surface area contributed by atoms with Gasteiger partial charge in [-0.25, -0.2) is 4.98 Å². The van der Waals surface area contributed by atoms with E-state index in [1.165, 1.54) is 11.3 Å². The van der Waals surface area contributed by atoms with E-state index in [4.69, 9.17) is 22.6 Å². The lowest BCUT2D eigenvalue weighted by molar-refractivity contribution is 0.240. The number of anilines is 3. The second kappa shape index (κ2) is 6.97. The van der Waals surface area contributed by atoms with Gasteiger partial charge in [0, 0.05) is 17.3 Å². The van der Waals surface area contributed by atoms with E-state index in [1.807, 2.05) is 11.4 Å². The molecule has 0 atom stereocenters. The number of aromatic nitrogens is 5. The van der Waals surface area contributed by atoms with E-state index in [0.29, 0.717) is 25.8 Å². The van der Waals surface area contributed by atoms with Crippen LogP contribution in [0, 0.1) is 11.3 Å². The van der Waals surface area contributed by atoms with Crippen molar-refractivity contribution >= 4 is 57.4 Å². The van der Waals surface area contributed by atoms with Gasteiger partial charge in [0.2, 0.25) is 5.95 Å². The maximum absolute atomic E-state index is 10.4. The summed E-state index contributed by atoms with van der Waals surface area (Å²) in [5, 5.41) is 28.9. The number of hydrogen-bond acceptors (Lipinski definition) is 10. The first-order chi connectivity index (χ1) is 13.0. The molecule has 3 heterocycles. The third-order valence-corrected chi connectivity index (χ3v) is 5.41. The van der Waals surface area contributed by atoms with Crippen LogP contribution in [-0.4, -0.2) is 29.5 Å². The maximum atomic E-state index is 10.4. The van der Waals surface area contributed by atoms with Crippen LogP contribution in [0.15, 0.2) is 40.9 Å². The molecule has 0 bridgehead atoms. The molecular formula is C14H10ClN9OS2. The summed E-state index contributed by atoms with van der Waals surface area (Å²) < 4.78 is 2.45. The van der Waals surface area contributed by atoms with E-state index in [2.05, 4.69) is 20.4 Å². The minimum absolute atomic E-state index is 0.0386. The molecule has 13 heteroatoms. The third kappa shape index (κ3) is 3.36. The molecule has 0 unspecified atom stereocenters. The van der Waals surface area contributed by atoms with Gasteiger partial charge in [-0.05, 0) is 24.3 Å². The number of thiazole rings is 1. The molecule has 10 nitrogen and oxygen atoms in total. The highest BCUT2D eigenvalue weighted by atomic mass is 35.5. The van der Waals surface area contributed by atoms with E-state index >= 15 is 0 Å². The van der Waals surface area contributed by atoms with Gasteiger partial charge in [0.05, 0.1) is 23.6 Å². The quantitative estimate of drug-likeness (QED) is 0.329. The minimum Gasteiger partial charge on any atom is -0.366 e. The Morgan fingerprint density at radius 3 is 2.85 bits per heavy atom. The predicted molar refractivity (Wildman–Crippen MR) is 103 cm³/mol. The summed E-state index contributed by atoms with van der Waals surface area (Å²) in [4.78, 5) is 9.96. The Balaban J connectivity index is 1.54. The Morgan fingerprint density at radius 1 is 1.33 bits per heavy atom. The van der Waals surface area contributed by atoms with Gasteiger partial charge in [-0.15, -0.1) is 25.8 Å². The van der Waals surface area contributed by atoms with Crippen LogP contribution in [0.25, 0.3) is 4.96 Å². The monoisotopic (exact) mass is 419 g/mol. The van der Waals surface area contributed by atoms with Crippen molar-refractivity contribution in [2.45, 2.75) is 5.03 Å². The second-order valence-electron chi connectivity index (χ2n) is 5.10. The molecule has 0 aliphatic heterocycles. The Labute approximate surface area is 165 Å². The van der Waals surface area contributed by atoms with Crippen molar-refractivity contribution in [2.24, 2.45) is 0 Å². The first-order valence-electron chi connectivity index (χ1n) is 7.33. The topological polar surface area (TPSA) is 133 Å². The maximum Gasteiger partial charge on any atom is 0.250 e. The summed E-state index contributed by atoms with van der Waals surface area (Å²) in [5.41, 5.74) is 7.04. The summed E-state index contributed by atoms with van der Waals surface area (Å²) in [6.45, 7) is 0. The fourth-order valence-corrected chi connectivity index (χ4v) is 3.99. The molecule has 4 aromatic rings. The van der Waals surface area contributed by atoms with E-state index in [9.17, 15) is 5.21 Å². The van der Waals surface area contributed by atoms with E-state index in [1.54, 1.807) is 34.9 Å². The number of nitrogens with two attached hydrogens (primary N) is 1. The second-order valence-corrected chi connectivity index (χ2v) is 7.23. The molecule has 0 aliphatic carbocycles. The molecule has 0 amide bonds. The van der Waals surface area contributed by atoms with Crippen LogP contribution in [0.5, 0.6) is 0 Å². The van der Waals surface area contributed by atoms with Crippen molar-refractivity contribution in [3.05, 3.63) is 46.6 Å². The summed E-state index contributed by atoms with van der Waals surface area (Å²) in [6.07, 6.45) is 1.79. The lowest BCUT2D eigenvalue weighted by atomic mass is 10.2. The lowest BCUT2D eigenvalue weighted by Crippen LogP contribution is -2.26. The van der Waals surface area contributed by atoms with Crippen molar-refractivity contribution in [2.75, 3.05) is 15.6 Å². The van der Waals surface area contributed by atoms with Crippen LogP contribution >= 0.6 is 34.9 Å². The SMILES string of the molecule is N#Cc1ccc(Nc2nc(N)n(N(O)Sc3c(Cl)nc4sccn34)n2)cc1. The molecule has 27 heavy (non-hydrogen) atoms. The number of hydrogen-bond donors (Lipinski definition) is 3. The number of nitrogens with one attached hydrogen (secondary N) is 1. The lowest BCUT2D eigenvalue weighted by Gasteiger charge is -2.14. The number of imidazole rings is 1. The van der Waals surface area contributed by atoms with E-state index in [-0.39, 0.29) is 17.0 Å². The van der Waals surface area contributed by atoms with Crippen LogP contribution in [0.4, 0.5) is 17.6 Å². The Bertz CT molecular complexity index is 1140. The highest BCUT2D eigenvalue weighted by Crippen LogP contribution is 2.31. The number of nitrogens with zero attached hydrogens (tertiary/aromatic N) is 7. The Morgan fingerprint density at radius 2 is 2.11 bits per heavy atom. The molecule has 0 radical (unpaired) electrons. The summed E-state index contributed by atoms with van der Waals surface area (Å²) >= 11 is 8.43. The average Bonchev–Trinajstić information content (AvgIpc) is 3.32. The van der Waals surface area contributed by atoms with Crippen LogP contribution in [0.3, 0.4) is 0 Å². The largest absolute Gasteiger partial charge is 0.366 e. The zero-order valence-corrected chi connectivity index (χ0v) is 15.7. The number of nitrogen functional groups attached to an aromatic ring is 1. The molecule has 1 aromatic carbocycles. The van der Waals surface area contributed by atoms with Gasteiger partial charge >= 0.3 is 0 Å². The Kier molecular flexibility index (Phi) is 4.50. The van der Waals surface area contributed by atoms with Gasteiger partial charge < -0.3 is 11.1 Å². The molecule has 4 rings (SSSR count). The molecule has 4 N–H and O–H groups in total. The highest BCUT2D eigenvalue weighted by molar-refractivity contribution is 8.00. The Hall–Kier alpha value is -2.98. The molecule has 0 spiro atoms. The third-order valence-electron chi connectivity index (χ3n) is 3.39. The first-order valence-corrected chi connectivity index (χ1v) is 9.36. The normalized spacial score (nSPS) is 10.9.